The van der Waals surface area contributed by atoms with E-state index >= 15 is 0 Å². The first-order valence-corrected chi connectivity index (χ1v) is 10.1. The number of imidazole rings is 1. The van der Waals surface area contributed by atoms with Crippen molar-refractivity contribution in [2.75, 3.05) is 12.4 Å². The third kappa shape index (κ3) is 4.34. The van der Waals surface area contributed by atoms with Gasteiger partial charge in [-0.1, -0.05) is 11.6 Å². The first kappa shape index (κ1) is 20.7. The SMILES string of the molecule is CCn1nc(-c2ccc(Cl)cc2OC)cc1COC(=O)Nc1ccc2c(c1)ncn2C. The highest BCUT2D eigenvalue weighted by Crippen LogP contribution is 2.32. The van der Waals surface area contributed by atoms with Crippen LogP contribution < -0.4 is 10.1 Å². The van der Waals surface area contributed by atoms with Crippen LogP contribution in [-0.2, 0) is 24.9 Å². The number of ether oxygens (including phenoxy) is 2. The van der Waals surface area contributed by atoms with Crippen molar-refractivity contribution in [3.05, 3.63) is 59.5 Å². The number of benzene rings is 2. The normalized spacial score (nSPS) is 11.0. The molecule has 0 spiro atoms. The third-order valence-corrected chi connectivity index (χ3v) is 5.16. The van der Waals surface area contributed by atoms with E-state index in [0.29, 0.717) is 23.0 Å². The molecule has 4 rings (SSSR count). The van der Waals surface area contributed by atoms with Gasteiger partial charge in [-0.05, 0) is 49.4 Å². The van der Waals surface area contributed by atoms with Crippen LogP contribution in [0.2, 0.25) is 5.02 Å². The molecule has 0 aliphatic heterocycles. The highest BCUT2D eigenvalue weighted by molar-refractivity contribution is 6.30. The number of hydrogen-bond acceptors (Lipinski definition) is 5. The Hall–Kier alpha value is -3.52. The van der Waals surface area contributed by atoms with E-state index in [2.05, 4.69) is 15.4 Å². The molecule has 0 saturated carbocycles. The molecule has 1 N–H and O–H groups in total. The van der Waals surface area contributed by atoms with Crippen molar-refractivity contribution < 1.29 is 14.3 Å². The number of aromatic nitrogens is 4. The summed E-state index contributed by atoms with van der Waals surface area (Å²) in [6, 6.07) is 12.8. The molecule has 0 saturated heterocycles. The van der Waals surface area contributed by atoms with Crippen molar-refractivity contribution in [1.29, 1.82) is 0 Å². The summed E-state index contributed by atoms with van der Waals surface area (Å²) in [5.41, 5.74) is 4.70. The zero-order valence-electron chi connectivity index (χ0n) is 17.4. The second-order valence-corrected chi connectivity index (χ2v) is 7.38. The minimum Gasteiger partial charge on any atom is -0.496 e. The molecule has 31 heavy (non-hydrogen) atoms. The number of methoxy groups -OCH3 is 1. The fourth-order valence-electron chi connectivity index (χ4n) is 3.36. The lowest BCUT2D eigenvalue weighted by Crippen LogP contribution is -2.15. The molecular weight excluding hydrogens is 418 g/mol. The molecule has 0 atom stereocenters. The number of nitrogens with zero attached hydrogens (tertiary/aromatic N) is 4. The van der Waals surface area contributed by atoms with Crippen molar-refractivity contribution >= 4 is 34.4 Å². The van der Waals surface area contributed by atoms with E-state index in [9.17, 15) is 4.79 Å². The predicted molar refractivity (Wildman–Crippen MR) is 119 cm³/mol. The molecule has 0 fully saturated rings. The van der Waals surface area contributed by atoms with E-state index < -0.39 is 6.09 Å². The van der Waals surface area contributed by atoms with Gasteiger partial charge < -0.3 is 14.0 Å². The van der Waals surface area contributed by atoms with Crippen LogP contribution in [0.15, 0.2) is 48.8 Å². The van der Waals surface area contributed by atoms with Crippen molar-refractivity contribution in [3.8, 4) is 17.0 Å². The van der Waals surface area contributed by atoms with Crippen LogP contribution in [-0.4, -0.2) is 32.5 Å². The summed E-state index contributed by atoms with van der Waals surface area (Å²) in [4.78, 5) is 16.6. The van der Waals surface area contributed by atoms with Gasteiger partial charge in [-0.3, -0.25) is 10.00 Å². The number of rotatable bonds is 6. The van der Waals surface area contributed by atoms with Gasteiger partial charge in [-0.15, -0.1) is 0 Å². The van der Waals surface area contributed by atoms with Crippen LogP contribution in [0.1, 0.15) is 12.6 Å². The number of aryl methyl sites for hydroxylation is 2. The van der Waals surface area contributed by atoms with E-state index in [4.69, 9.17) is 21.1 Å². The van der Waals surface area contributed by atoms with Crippen LogP contribution >= 0.6 is 11.6 Å². The molecule has 9 heteroatoms. The highest BCUT2D eigenvalue weighted by atomic mass is 35.5. The summed E-state index contributed by atoms with van der Waals surface area (Å²) in [6.45, 7) is 2.68. The van der Waals surface area contributed by atoms with Gasteiger partial charge in [0.1, 0.15) is 12.4 Å². The molecule has 0 bridgehead atoms. The lowest BCUT2D eigenvalue weighted by atomic mass is 10.1. The zero-order valence-corrected chi connectivity index (χ0v) is 18.2. The molecule has 2 aromatic carbocycles. The molecule has 160 valence electrons. The lowest BCUT2D eigenvalue weighted by Gasteiger charge is -2.08. The summed E-state index contributed by atoms with van der Waals surface area (Å²) in [7, 11) is 3.50. The summed E-state index contributed by atoms with van der Waals surface area (Å²) >= 11 is 6.06. The van der Waals surface area contributed by atoms with E-state index in [-0.39, 0.29) is 6.61 Å². The second-order valence-electron chi connectivity index (χ2n) is 6.94. The zero-order chi connectivity index (χ0) is 22.0. The number of nitrogens with one attached hydrogen (secondary N) is 1. The standard InChI is InChI=1S/C22H22ClN5O3/c1-4-28-16(11-18(26-28)17-7-5-14(23)9-21(17)30-3)12-31-22(29)25-15-6-8-20-19(10-15)24-13-27(20)2/h5-11,13H,4,12H2,1-3H3,(H,25,29). The summed E-state index contributed by atoms with van der Waals surface area (Å²) < 4.78 is 14.6. The molecular formula is C22H22ClN5O3. The van der Waals surface area contributed by atoms with Gasteiger partial charge in [0, 0.05) is 29.9 Å². The maximum Gasteiger partial charge on any atom is 0.412 e. The topological polar surface area (TPSA) is 83.2 Å². The van der Waals surface area contributed by atoms with Crippen molar-refractivity contribution in [2.24, 2.45) is 7.05 Å². The van der Waals surface area contributed by atoms with E-state index in [1.54, 1.807) is 36.3 Å². The van der Waals surface area contributed by atoms with Gasteiger partial charge >= 0.3 is 6.09 Å². The monoisotopic (exact) mass is 439 g/mol. The number of anilines is 1. The minimum atomic E-state index is -0.551. The molecule has 2 aromatic heterocycles. The van der Waals surface area contributed by atoms with Gasteiger partial charge in [-0.2, -0.15) is 5.10 Å². The average molecular weight is 440 g/mol. The number of carbonyl (C=O) groups is 1. The number of fused-ring (bicyclic) bond motifs is 1. The Balaban J connectivity index is 1.47. The van der Waals surface area contributed by atoms with Crippen molar-refractivity contribution in [3.63, 3.8) is 0 Å². The van der Waals surface area contributed by atoms with Crippen LogP contribution in [0.3, 0.4) is 0 Å². The minimum absolute atomic E-state index is 0.0778. The fraction of sp³-hybridized carbons (Fsp3) is 0.227. The van der Waals surface area contributed by atoms with Gasteiger partial charge in [0.05, 0.1) is 35.9 Å². The average Bonchev–Trinajstić information content (AvgIpc) is 3.35. The van der Waals surface area contributed by atoms with Gasteiger partial charge in [0.15, 0.2) is 0 Å². The van der Waals surface area contributed by atoms with E-state index in [1.165, 1.54) is 0 Å². The highest BCUT2D eigenvalue weighted by Gasteiger charge is 2.15. The Morgan fingerprint density at radius 3 is 2.81 bits per heavy atom. The molecule has 0 aliphatic carbocycles. The van der Waals surface area contributed by atoms with E-state index in [0.717, 1.165) is 28.0 Å². The Labute approximate surface area is 184 Å². The molecule has 8 nitrogen and oxygen atoms in total. The maximum atomic E-state index is 12.3. The Bertz CT molecular complexity index is 1250. The maximum absolute atomic E-state index is 12.3. The molecule has 2 heterocycles. The Morgan fingerprint density at radius 2 is 2.03 bits per heavy atom. The summed E-state index contributed by atoms with van der Waals surface area (Å²) in [5.74, 6) is 0.628. The van der Waals surface area contributed by atoms with Crippen LogP contribution in [0, 0.1) is 0 Å². The molecule has 0 unspecified atom stereocenters. The molecule has 0 aliphatic rings. The molecule has 4 aromatic rings. The van der Waals surface area contributed by atoms with Crippen molar-refractivity contribution in [1.82, 2.24) is 19.3 Å². The number of amides is 1. The Kier molecular flexibility index (Phi) is 5.81. The largest absolute Gasteiger partial charge is 0.496 e. The number of halogens is 1. The lowest BCUT2D eigenvalue weighted by molar-refractivity contribution is 0.151. The number of hydrogen-bond donors (Lipinski definition) is 1. The van der Waals surface area contributed by atoms with Gasteiger partial charge in [0.2, 0.25) is 0 Å². The first-order chi connectivity index (χ1) is 15.0. The molecule has 0 radical (unpaired) electrons. The first-order valence-electron chi connectivity index (χ1n) is 9.74. The van der Waals surface area contributed by atoms with Gasteiger partial charge in [0.25, 0.3) is 0 Å². The second kappa shape index (κ2) is 8.69. The van der Waals surface area contributed by atoms with Gasteiger partial charge in [-0.25, -0.2) is 9.78 Å². The van der Waals surface area contributed by atoms with Crippen LogP contribution in [0.4, 0.5) is 10.5 Å². The molecule has 1 amide bonds. The Morgan fingerprint density at radius 1 is 1.19 bits per heavy atom. The summed E-state index contributed by atoms with van der Waals surface area (Å²) in [5, 5.41) is 7.93. The quantitative estimate of drug-likeness (QED) is 0.463. The predicted octanol–water partition coefficient (Wildman–Crippen LogP) is 4.87. The van der Waals surface area contributed by atoms with Crippen LogP contribution in [0.25, 0.3) is 22.3 Å². The third-order valence-electron chi connectivity index (χ3n) is 4.93. The fourth-order valence-corrected chi connectivity index (χ4v) is 3.52. The summed E-state index contributed by atoms with van der Waals surface area (Å²) in [6.07, 6.45) is 1.18. The van der Waals surface area contributed by atoms with E-state index in [1.807, 2.05) is 42.8 Å². The van der Waals surface area contributed by atoms with Crippen molar-refractivity contribution in [2.45, 2.75) is 20.1 Å². The number of carbonyl (C=O) groups excluding carboxylic acids is 1. The smallest absolute Gasteiger partial charge is 0.412 e. The van der Waals surface area contributed by atoms with Crippen LogP contribution in [0.5, 0.6) is 5.75 Å².